The fraction of sp³-hybridized carbons (Fsp3) is 0.0769. The number of alkyl halides is 3. The van der Waals surface area contributed by atoms with Crippen LogP contribution in [0.1, 0.15) is 5.56 Å². The lowest BCUT2D eigenvalue weighted by molar-refractivity contribution is -0.137. The summed E-state index contributed by atoms with van der Waals surface area (Å²) in [5.74, 6) is 0. The first kappa shape index (κ1) is 10.2. The molecule has 3 rings (SSSR count). The minimum Gasteiger partial charge on any atom is -0.456 e. The van der Waals surface area contributed by atoms with Crippen LogP contribution in [0.4, 0.5) is 13.2 Å². The van der Waals surface area contributed by atoms with E-state index in [1.165, 1.54) is 6.07 Å². The predicted molar refractivity (Wildman–Crippen MR) is 57.6 cm³/mol. The van der Waals surface area contributed by atoms with Crippen molar-refractivity contribution in [3.8, 4) is 0 Å². The molecule has 0 bridgehead atoms. The highest BCUT2D eigenvalue weighted by atomic mass is 19.4. The van der Waals surface area contributed by atoms with Crippen molar-refractivity contribution in [1.82, 2.24) is 0 Å². The molecule has 0 saturated heterocycles. The van der Waals surface area contributed by atoms with Gasteiger partial charge in [-0.3, -0.25) is 0 Å². The van der Waals surface area contributed by atoms with E-state index in [4.69, 9.17) is 4.42 Å². The van der Waals surface area contributed by atoms with Gasteiger partial charge >= 0.3 is 6.18 Å². The molecule has 1 heterocycles. The summed E-state index contributed by atoms with van der Waals surface area (Å²) in [6, 6.07) is 11.4. The lowest BCUT2D eigenvalue weighted by atomic mass is 10.1. The van der Waals surface area contributed by atoms with Crippen LogP contribution in [-0.2, 0) is 6.18 Å². The van der Waals surface area contributed by atoms with Gasteiger partial charge in [0.2, 0.25) is 0 Å². The predicted octanol–water partition coefficient (Wildman–Crippen LogP) is 4.40. The normalized spacial score (nSPS) is 12.4. The fourth-order valence-corrected chi connectivity index (χ4v) is 1.85. The smallest absolute Gasteiger partial charge is 0.416 e. The Kier molecular flexibility index (Phi) is 1.96. The first-order valence-corrected chi connectivity index (χ1v) is 4.95. The van der Waals surface area contributed by atoms with Crippen LogP contribution in [0.3, 0.4) is 0 Å². The molecule has 2 aromatic carbocycles. The van der Waals surface area contributed by atoms with Crippen LogP contribution in [0.15, 0.2) is 40.8 Å². The number of hydrogen-bond donors (Lipinski definition) is 0. The third-order valence-corrected chi connectivity index (χ3v) is 2.65. The number of furan rings is 1. The zero-order chi connectivity index (χ0) is 12.0. The number of hydrogen-bond acceptors (Lipinski definition) is 1. The molecule has 0 saturated carbocycles. The summed E-state index contributed by atoms with van der Waals surface area (Å²) < 4.78 is 42.9. The molecule has 1 radical (unpaired) electrons. The summed E-state index contributed by atoms with van der Waals surface area (Å²) in [7, 11) is 0. The van der Waals surface area contributed by atoms with Crippen LogP contribution in [0.5, 0.6) is 0 Å². The van der Waals surface area contributed by atoms with Gasteiger partial charge in [0.25, 0.3) is 0 Å². The van der Waals surface area contributed by atoms with Gasteiger partial charge in [-0.15, -0.1) is 0 Å². The standard InChI is InChI=1S/C13H6F3O/c14-13(15,16)8-5-6-10-9-3-1-2-4-11(9)17-12(10)7-8/h1,3-7H. The molecule has 0 atom stereocenters. The van der Waals surface area contributed by atoms with Crippen molar-refractivity contribution in [3.05, 3.63) is 48.0 Å². The van der Waals surface area contributed by atoms with Crippen LogP contribution in [0.25, 0.3) is 21.9 Å². The average Bonchev–Trinajstić information content (AvgIpc) is 2.65. The highest BCUT2D eigenvalue weighted by molar-refractivity contribution is 6.04. The first-order valence-electron chi connectivity index (χ1n) is 4.95. The van der Waals surface area contributed by atoms with E-state index >= 15 is 0 Å². The quantitative estimate of drug-likeness (QED) is 0.562. The van der Waals surface area contributed by atoms with Gasteiger partial charge in [0, 0.05) is 10.8 Å². The van der Waals surface area contributed by atoms with Crippen molar-refractivity contribution in [2.24, 2.45) is 0 Å². The van der Waals surface area contributed by atoms with Gasteiger partial charge in [0.1, 0.15) is 11.2 Å². The summed E-state index contributed by atoms with van der Waals surface area (Å²) in [5.41, 5.74) is 0.0873. The van der Waals surface area contributed by atoms with Crippen LogP contribution in [-0.4, -0.2) is 0 Å². The zero-order valence-corrected chi connectivity index (χ0v) is 8.51. The highest BCUT2D eigenvalue weighted by Gasteiger charge is 2.31. The molecule has 0 aliphatic rings. The molecular weight excluding hydrogens is 229 g/mol. The zero-order valence-electron chi connectivity index (χ0n) is 8.51. The van der Waals surface area contributed by atoms with E-state index in [0.29, 0.717) is 11.0 Å². The van der Waals surface area contributed by atoms with E-state index < -0.39 is 11.7 Å². The average molecular weight is 235 g/mol. The number of halogens is 3. The largest absolute Gasteiger partial charge is 0.456 e. The summed E-state index contributed by atoms with van der Waals surface area (Å²) in [5, 5.41) is 1.48. The molecule has 0 N–H and O–H groups in total. The lowest BCUT2D eigenvalue weighted by Crippen LogP contribution is -2.03. The topological polar surface area (TPSA) is 13.1 Å². The Morgan fingerprint density at radius 3 is 2.53 bits per heavy atom. The molecule has 85 valence electrons. The molecule has 1 aromatic heterocycles. The Hall–Kier alpha value is -1.97. The van der Waals surface area contributed by atoms with E-state index in [-0.39, 0.29) is 5.58 Å². The summed E-state index contributed by atoms with van der Waals surface area (Å²) >= 11 is 0. The minimum absolute atomic E-state index is 0.245. The molecular formula is C13H6F3O. The van der Waals surface area contributed by atoms with Crippen LogP contribution in [0, 0.1) is 6.07 Å². The van der Waals surface area contributed by atoms with Gasteiger partial charge in [0.05, 0.1) is 5.56 Å². The number of fused-ring (bicyclic) bond motifs is 3. The number of rotatable bonds is 0. The van der Waals surface area contributed by atoms with Gasteiger partial charge in [-0.25, -0.2) is 0 Å². The van der Waals surface area contributed by atoms with Gasteiger partial charge in [-0.1, -0.05) is 6.07 Å². The first-order chi connectivity index (χ1) is 8.05. The molecule has 0 unspecified atom stereocenters. The molecule has 0 fully saturated rings. The van der Waals surface area contributed by atoms with Crippen molar-refractivity contribution in [3.63, 3.8) is 0 Å². The Morgan fingerprint density at radius 2 is 1.76 bits per heavy atom. The van der Waals surface area contributed by atoms with Crippen molar-refractivity contribution >= 4 is 21.9 Å². The van der Waals surface area contributed by atoms with E-state index in [1.807, 2.05) is 0 Å². The SMILES string of the molecule is FC(F)(F)c1ccc2c(c1)oc1c[c]ccc12. The van der Waals surface area contributed by atoms with Crippen molar-refractivity contribution in [1.29, 1.82) is 0 Å². The summed E-state index contributed by atoms with van der Waals surface area (Å²) in [4.78, 5) is 0. The molecule has 0 aliphatic carbocycles. The van der Waals surface area contributed by atoms with E-state index in [0.717, 1.165) is 17.5 Å². The molecule has 0 aliphatic heterocycles. The monoisotopic (exact) mass is 235 g/mol. The Morgan fingerprint density at radius 1 is 1.00 bits per heavy atom. The van der Waals surface area contributed by atoms with Crippen molar-refractivity contribution < 1.29 is 17.6 Å². The van der Waals surface area contributed by atoms with Crippen molar-refractivity contribution in [2.75, 3.05) is 0 Å². The van der Waals surface area contributed by atoms with Crippen molar-refractivity contribution in [2.45, 2.75) is 6.18 Å². The molecule has 1 nitrogen and oxygen atoms in total. The fourth-order valence-electron chi connectivity index (χ4n) is 1.85. The van der Waals surface area contributed by atoms with Gasteiger partial charge in [-0.05, 0) is 36.4 Å². The maximum absolute atomic E-state index is 12.5. The lowest BCUT2D eigenvalue weighted by Gasteiger charge is -2.05. The third kappa shape index (κ3) is 1.56. The Balaban J connectivity index is 2.34. The Bertz CT molecular complexity index is 695. The maximum Gasteiger partial charge on any atom is 0.416 e. The molecule has 0 amide bonds. The third-order valence-electron chi connectivity index (χ3n) is 2.65. The molecule has 17 heavy (non-hydrogen) atoms. The van der Waals surface area contributed by atoms with E-state index in [1.54, 1.807) is 18.2 Å². The van der Waals surface area contributed by atoms with Crippen LogP contribution < -0.4 is 0 Å². The summed E-state index contributed by atoms with van der Waals surface area (Å²) in [6.45, 7) is 0. The second-order valence-electron chi connectivity index (χ2n) is 3.73. The molecule has 4 heteroatoms. The minimum atomic E-state index is -4.35. The molecule has 0 spiro atoms. The van der Waals surface area contributed by atoms with Crippen LogP contribution >= 0.6 is 0 Å². The Labute approximate surface area is 94.5 Å². The second-order valence-corrected chi connectivity index (χ2v) is 3.73. The van der Waals surface area contributed by atoms with Gasteiger partial charge < -0.3 is 4.42 Å². The maximum atomic E-state index is 12.5. The van der Waals surface area contributed by atoms with E-state index in [2.05, 4.69) is 6.07 Å². The van der Waals surface area contributed by atoms with Gasteiger partial charge in [0.15, 0.2) is 0 Å². The van der Waals surface area contributed by atoms with Crippen LogP contribution in [0.2, 0.25) is 0 Å². The number of benzene rings is 2. The summed E-state index contributed by atoms with van der Waals surface area (Å²) in [6.07, 6.45) is -4.35. The van der Waals surface area contributed by atoms with Gasteiger partial charge in [-0.2, -0.15) is 13.2 Å². The molecule has 3 aromatic rings. The second kappa shape index (κ2) is 3.26. The van der Waals surface area contributed by atoms with E-state index in [9.17, 15) is 13.2 Å². The highest BCUT2D eigenvalue weighted by Crippen LogP contribution is 2.34.